The highest BCUT2D eigenvalue weighted by Gasteiger charge is 2.21. The third-order valence-electron chi connectivity index (χ3n) is 3.98. The molecular formula is C19H21N3O2. The van der Waals surface area contributed by atoms with Gasteiger partial charge < -0.3 is 9.64 Å². The van der Waals surface area contributed by atoms with Gasteiger partial charge >= 0.3 is 0 Å². The topological polar surface area (TPSA) is 55.3 Å². The van der Waals surface area contributed by atoms with Gasteiger partial charge in [-0.25, -0.2) is 0 Å². The van der Waals surface area contributed by atoms with Gasteiger partial charge in [-0.05, 0) is 48.2 Å². The van der Waals surface area contributed by atoms with Crippen LogP contribution < -0.4 is 0 Å². The molecule has 0 spiro atoms. The molecule has 2 aromatic rings. The average Bonchev–Trinajstić information content (AvgIpc) is 3.14. The van der Waals surface area contributed by atoms with Crippen molar-refractivity contribution in [3.63, 3.8) is 0 Å². The molecule has 2 aromatic heterocycles. The Labute approximate surface area is 142 Å². The summed E-state index contributed by atoms with van der Waals surface area (Å²) in [6.07, 6.45) is 12.6. The molecule has 0 N–H and O–H groups in total. The van der Waals surface area contributed by atoms with E-state index < -0.39 is 0 Å². The minimum absolute atomic E-state index is 0.0221. The number of carbonyl (C=O) groups is 1. The molecule has 5 heteroatoms. The minimum atomic E-state index is -0.0221. The van der Waals surface area contributed by atoms with Crippen molar-refractivity contribution >= 4 is 12.0 Å². The molecule has 1 aliphatic rings. The van der Waals surface area contributed by atoms with E-state index in [1.54, 1.807) is 30.9 Å². The average molecular weight is 323 g/mol. The third-order valence-corrected chi connectivity index (χ3v) is 3.98. The van der Waals surface area contributed by atoms with Crippen molar-refractivity contribution in [3.05, 3.63) is 66.3 Å². The highest BCUT2D eigenvalue weighted by molar-refractivity contribution is 5.91. The zero-order valence-electron chi connectivity index (χ0n) is 13.5. The van der Waals surface area contributed by atoms with Crippen LogP contribution in [0.3, 0.4) is 0 Å². The molecule has 124 valence electrons. The fraction of sp³-hybridized carbons (Fsp3) is 0.316. The summed E-state index contributed by atoms with van der Waals surface area (Å²) in [5.74, 6) is -0.0221. The molecule has 0 aromatic carbocycles. The first kappa shape index (κ1) is 16.3. The van der Waals surface area contributed by atoms with Crippen LogP contribution in [0.4, 0.5) is 0 Å². The lowest BCUT2D eigenvalue weighted by atomic mass is 10.2. The molecule has 0 unspecified atom stereocenters. The number of ether oxygens (including phenoxy) is 1. The van der Waals surface area contributed by atoms with Gasteiger partial charge in [0.15, 0.2) is 0 Å². The van der Waals surface area contributed by atoms with Gasteiger partial charge in [0, 0.05) is 50.6 Å². The van der Waals surface area contributed by atoms with Crippen LogP contribution in [0.1, 0.15) is 24.0 Å². The van der Waals surface area contributed by atoms with Crippen molar-refractivity contribution in [1.82, 2.24) is 14.9 Å². The summed E-state index contributed by atoms with van der Waals surface area (Å²) in [4.78, 5) is 22.6. The van der Waals surface area contributed by atoms with Crippen molar-refractivity contribution in [3.8, 4) is 0 Å². The van der Waals surface area contributed by atoms with Gasteiger partial charge in [-0.3, -0.25) is 14.8 Å². The predicted octanol–water partition coefficient (Wildman–Crippen LogP) is 2.70. The van der Waals surface area contributed by atoms with Crippen molar-refractivity contribution in [2.75, 3.05) is 13.2 Å². The zero-order valence-corrected chi connectivity index (χ0v) is 13.5. The number of hydrogen-bond acceptors (Lipinski definition) is 4. The van der Waals surface area contributed by atoms with Crippen LogP contribution in [0, 0.1) is 0 Å². The normalized spacial score (nSPS) is 17.2. The van der Waals surface area contributed by atoms with Crippen LogP contribution in [0.15, 0.2) is 55.1 Å². The number of aromatic nitrogens is 2. The Morgan fingerprint density at radius 3 is 2.83 bits per heavy atom. The fourth-order valence-corrected chi connectivity index (χ4v) is 2.73. The summed E-state index contributed by atoms with van der Waals surface area (Å²) in [5, 5.41) is 0. The van der Waals surface area contributed by atoms with Gasteiger partial charge in [0.1, 0.15) is 0 Å². The Kier molecular flexibility index (Phi) is 5.69. The van der Waals surface area contributed by atoms with E-state index in [-0.39, 0.29) is 12.0 Å². The minimum Gasteiger partial charge on any atom is -0.376 e. The SMILES string of the molecule is O=C(/C=C/c1ccncc1)N(Cc1cccnc1)C[C@@H]1CCCO1. The van der Waals surface area contributed by atoms with E-state index in [0.717, 1.165) is 30.6 Å². The highest BCUT2D eigenvalue weighted by Crippen LogP contribution is 2.15. The van der Waals surface area contributed by atoms with Crippen LogP contribution >= 0.6 is 0 Å². The second-order valence-corrected chi connectivity index (χ2v) is 5.83. The molecule has 1 aliphatic heterocycles. The van der Waals surface area contributed by atoms with Gasteiger partial charge in [0.2, 0.25) is 5.91 Å². The van der Waals surface area contributed by atoms with Gasteiger partial charge in [-0.2, -0.15) is 0 Å². The van der Waals surface area contributed by atoms with Gasteiger partial charge in [-0.1, -0.05) is 6.07 Å². The standard InChI is InChI=1S/C19H21N3O2/c23-19(6-5-16-7-10-20-11-8-16)22(15-18-4-2-12-24-18)14-17-3-1-9-21-13-17/h1,3,5-11,13,18H,2,4,12,14-15H2/b6-5+/t18-/m0/s1. The largest absolute Gasteiger partial charge is 0.376 e. The fourth-order valence-electron chi connectivity index (χ4n) is 2.73. The maximum atomic E-state index is 12.7. The first-order chi connectivity index (χ1) is 11.8. The van der Waals surface area contributed by atoms with E-state index in [1.165, 1.54) is 0 Å². The van der Waals surface area contributed by atoms with Crippen LogP contribution in [0.5, 0.6) is 0 Å². The van der Waals surface area contributed by atoms with E-state index in [4.69, 9.17) is 4.74 Å². The molecule has 1 amide bonds. The lowest BCUT2D eigenvalue weighted by molar-refractivity contribution is -0.128. The first-order valence-electron chi connectivity index (χ1n) is 8.19. The van der Waals surface area contributed by atoms with Crippen LogP contribution in [-0.2, 0) is 16.1 Å². The highest BCUT2D eigenvalue weighted by atomic mass is 16.5. The first-order valence-corrected chi connectivity index (χ1v) is 8.19. The van der Waals surface area contributed by atoms with Crippen molar-refractivity contribution < 1.29 is 9.53 Å². The molecule has 0 bridgehead atoms. The molecule has 5 nitrogen and oxygen atoms in total. The lowest BCUT2D eigenvalue weighted by Crippen LogP contribution is -2.35. The summed E-state index contributed by atoms with van der Waals surface area (Å²) in [6, 6.07) is 7.61. The molecule has 3 heterocycles. The summed E-state index contributed by atoms with van der Waals surface area (Å²) >= 11 is 0. The summed E-state index contributed by atoms with van der Waals surface area (Å²) in [5.41, 5.74) is 1.97. The maximum Gasteiger partial charge on any atom is 0.246 e. The molecular weight excluding hydrogens is 302 g/mol. The Balaban J connectivity index is 1.70. The Morgan fingerprint density at radius 2 is 2.12 bits per heavy atom. The number of amides is 1. The number of rotatable bonds is 6. The van der Waals surface area contributed by atoms with Gasteiger partial charge in [-0.15, -0.1) is 0 Å². The summed E-state index contributed by atoms with van der Waals surface area (Å²) < 4.78 is 5.69. The lowest BCUT2D eigenvalue weighted by Gasteiger charge is -2.24. The molecule has 0 radical (unpaired) electrons. The Hall–Kier alpha value is -2.53. The van der Waals surface area contributed by atoms with Gasteiger partial charge in [0.05, 0.1) is 6.10 Å². The van der Waals surface area contributed by atoms with Crippen LogP contribution in [0.25, 0.3) is 6.08 Å². The van der Waals surface area contributed by atoms with E-state index >= 15 is 0 Å². The molecule has 24 heavy (non-hydrogen) atoms. The summed E-state index contributed by atoms with van der Waals surface area (Å²) in [7, 11) is 0. The molecule has 0 saturated carbocycles. The number of nitrogens with zero attached hydrogens (tertiary/aromatic N) is 3. The van der Waals surface area contributed by atoms with Crippen molar-refractivity contribution in [2.24, 2.45) is 0 Å². The Bertz CT molecular complexity index is 668. The van der Waals surface area contributed by atoms with E-state index in [1.807, 2.05) is 35.2 Å². The third kappa shape index (κ3) is 4.73. The molecule has 0 aliphatic carbocycles. The van der Waals surface area contributed by atoms with Crippen molar-refractivity contribution in [1.29, 1.82) is 0 Å². The van der Waals surface area contributed by atoms with E-state index in [0.29, 0.717) is 13.1 Å². The Morgan fingerprint density at radius 1 is 1.25 bits per heavy atom. The smallest absolute Gasteiger partial charge is 0.246 e. The number of hydrogen-bond donors (Lipinski definition) is 0. The van der Waals surface area contributed by atoms with E-state index in [9.17, 15) is 4.79 Å². The second kappa shape index (κ2) is 8.36. The maximum absolute atomic E-state index is 12.7. The monoisotopic (exact) mass is 323 g/mol. The molecule has 1 fully saturated rings. The van der Waals surface area contributed by atoms with E-state index in [2.05, 4.69) is 9.97 Å². The quantitative estimate of drug-likeness (QED) is 0.767. The zero-order chi connectivity index (χ0) is 16.6. The predicted molar refractivity (Wildman–Crippen MR) is 91.9 cm³/mol. The molecule has 1 saturated heterocycles. The van der Waals surface area contributed by atoms with Crippen LogP contribution in [0.2, 0.25) is 0 Å². The second-order valence-electron chi connectivity index (χ2n) is 5.83. The number of pyridine rings is 2. The van der Waals surface area contributed by atoms with Gasteiger partial charge in [0.25, 0.3) is 0 Å². The van der Waals surface area contributed by atoms with Crippen molar-refractivity contribution in [2.45, 2.75) is 25.5 Å². The summed E-state index contributed by atoms with van der Waals surface area (Å²) in [6.45, 7) is 1.92. The molecule has 1 atom stereocenters. The number of carbonyl (C=O) groups excluding carboxylic acids is 1. The molecule has 3 rings (SSSR count). The van der Waals surface area contributed by atoms with Crippen LogP contribution in [-0.4, -0.2) is 40.0 Å².